The second-order valence-corrected chi connectivity index (χ2v) is 6.54. The molecule has 8 nitrogen and oxygen atoms in total. The third kappa shape index (κ3) is 3.17. The first-order chi connectivity index (χ1) is 11.7. The summed E-state index contributed by atoms with van der Waals surface area (Å²) in [6.07, 6.45) is 5.93. The molecule has 1 aliphatic carbocycles. The molecule has 8 heteroatoms. The Morgan fingerprint density at radius 3 is 3.00 bits per heavy atom. The Labute approximate surface area is 139 Å². The second-order valence-electron chi connectivity index (χ2n) is 6.54. The molecule has 2 aromatic heterocycles. The average Bonchev–Trinajstić information content (AvgIpc) is 3.35. The fourth-order valence-electron chi connectivity index (χ4n) is 3.10. The summed E-state index contributed by atoms with van der Waals surface area (Å²) >= 11 is 0. The van der Waals surface area contributed by atoms with Crippen molar-refractivity contribution in [3.05, 3.63) is 24.0 Å². The Morgan fingerprint density at radius 2 is 2.21 bits per heavy atom. The molecule has 0 spiro atoms. The first-order valence-corrected chi connectivity index (χ1v) is 8.38. The quantitative estimate of drug-likeness (QED) is 0.767. The van der Waals surface area contributed by atoms with Gasteiger partial charge in [0.2, 0.25) is 11.9 Å². The van der Waals surface area contributed by atoms with Crippen molar-refractivity contribution in [1.82, 2.24) is 20.2 Å². The molecule has 4 N–H and O–H groups in total. The molecular formula is C16H21N7O. The van der Waals surface area contributed by atoms with Gasteiger partial charge in [0.1, 0.15) is 5.82 Å². The number of aromatic nitrogens is 4. The van der Waals surface area contributed by atoms with Crippen molar-refractivity contribution in [1.29, 1.82) is 0 Å². The molecule has 2 aliphatic rings. The number of amides is 1. The van der Waals surface area contributed by atoms with Crippen LogP contribution >= 0.6 is 0 Å². The summed E-state index contributed by atoms with van der Waals surface area (Å²) in [6, 6.07) is 3.84. The predicted octanol–water partition coefficient (Wildman–Crippen LogP) is 1.52. The SMILES string of the molecule is NC(=O)[C@@H]1CCCN(c2nccc(Nc3cc(C4CC4)[nH]n3)n2)C1. The zero-order valence-corrected chi connectivity index (χ0v) is 13.4. The fourth-order valence-corrected chi connectivity index (χ4v) is 3.10. The highest BCUT2D eigenvalue weighted by Gasteiger charge is 2.26. The third-order valence-electron chi connectivity index (χ3n) is 4.62. The van der Waals surface area contributed by atoms with Crippen LogP contribution in [0.15, 0.2) is 18.3 Å². The van der Waals surface area contributed by atoms with Crippen LogP contribution < -0.4 is 16.0 Å². The van der Waals surface area contributed by atoms with Gasteiger partial charge in [-0.2, -0.15) is 10.1 Å². The number of hydrogen-bond donors (Lipinski definition) is 3. The molecular weight excluding hydrogens is 306 g/mol. The van der Waals surface area contributed by atoms with Crippen molar-refractivity contribution >= 4 is 23.5 Å². The number of hydrogen-bond acceptors (Lipinski definition) is 6. The maximum Gasteiger partial charge on any atom is 0.227 e. The van der Waals surface area contributed by atoms with Gasteiger partial charge in [-0.05, 0) is 31.7 Å². The van der Waals surface area contributed by atoms with Gasteiger partial charge in [0.05, 0.1) is 5.92 Å². The van der Waals surface area contributed by atoms with Gasteiger partial charge >= 0.3 is 0 Å². The van der Waals surface area contributed by atoms with Gasteiger partial charge in [0.15, 0.2) is 5.82 Å². The summed E-state index contributed by atoms with van der Waals surface area (Å²) in [7, 11) is 0. The third-order valence-corrected chi connectivity index (χ3v) is 4.62. The summed E-state index contributed by atoms with van der Waals surface area (Å²) in [5.41, 5.74) is 6.61. The van der Waals surface area contributed by atoms with E-state index in [2.05, 4.69) is 25.5 Å². The molecule has 3 heterocycles. The number of carbonyl (C=O) groups excluding carboxylic acids is 1. The summed E-state index contributed by atoms with van der Waals surface area (Å²) in [5.74, 6) is 2.31. The van der Waals surface area contributed by atoms with E-state index < -0.39 is 0 Å². The van der Waals surface area contributed by atoms with Crippen LogP contribution in [0.5, 0.6) is 0 Å². The first-order valence-electron chi connectivity index (χ1n) is 8.38. The molecule has 2 fully saturated rings. The molecule has 1 saturated carbocycles. The molecule has 126 valence electrons. The van der Waals surface area contributed by atoms with E-state index in [4.69, 9.17) is 5.73 Å². The Kier molecular flexibility index (Phi) is 3.79. The minimum atomic E-state index is -0.252. The van der Waals surface area contributed by atoms with Crippen LogP contribution in [0, 0.1) is 5.92 Å². The molecule has 1 atom stereocenters. The molecule has 0 aromatic carbocycles. The topological polar surface area (TPSA) is 113 Å². The highest BCUT2D eigenvalue weighted by molar-refractivity contribution is 5.77. The van der Waals surface area contributed by atoms with E-state index in [-0.39, 0.29) is 11.8 Å². The molecule has 4 rings (SSSR count). The molecule has 1 amide bonds. The van der Waals surface area contributed by atoms with Crippen LogP contribution in [-0.2, 0) is 4.79 Å². The maximum absolute atomic E-state index is 11.4. The van der Waals surface area contributed by atoms with Gasteiger partial charge in [-0.3, -0.25) is 9.89 Å². The Balaban J connectivity index is 1.47. The van der Waals surface area contributed by atoms with E-state index >= 15 is 0 Å². The number of rotatable bonds is 5. The van der Waals surface area contributed by atoms with Gasteiger partial charge in [-0.1, -0.05) is 0 Å². The van der Waals surface area contributed by atoms with E-state index in [1.807, 2.05) is 17.0 Å². The zero-order valence-electron chi connectivity index (χ0n) is 13.4. The number of aromatic amines is 1. The number of H-pyrrole nitrogens is 1. The van der Waals surface area contributed by atoms with E-state index in [0.717, 1.165) is 25.2 Å². The summed E-state index contributed by atoms with van der Waals surface area (Å²) in [6.45, 7) is 1.41. The van der Waals surface area contributed by atoms with Gasteiger partial charge in [0.25, 0.3) is 0 Å². The normalized spacial score (nSPS) is 20.8. The largest absolute Gasteiger partial charge is 0.369 e. The van der Waals surface area contributed by atoms with Crippen LogP contribution in [0.2, 0.25) is 0 Å². The number of nitrogens with two attached hydrogens (primary N) is 1. The van der Waals surface area contributed by atoms with Crippen molar-refractivity contribution < 1.29 is 4.79 Å². The smallest absolute Gasteiger partial charge is 0.227 e. The first kappa shape index (κ1) is 14.9. The lowest BCUT2D eigenvalue weighted by Gasteiger charge is -2.31. The van der Waals surface area contributed by atoms with Gasteiger partial charge in [-0.25, -0.2) is 4.98 Å². The van der Waals surface area contributed by atoms with E-state index in [9.17, 15) is 4.79 Å². The van der Waals surface area contributed by atoms with Crippen molar-refractivity contribution in [3.8, 4) is 0 Å². The van der Waals surface area contributed by atoms with Crippen molar-refractivity contribution in [2.45, 2.75) is 31.6 Å². The summed E-state index contributed by atoms with van der Waals surface area (Å²) in [5, 5.41) is 10.6. The maximum atomic E-state index is 11.4. The summed E-state index contributed by atoms with van der Waals surface area (Å²) in [4.78, 5) is 22.3. The van der Waals surface area contributed by atoms with E-state index in [1.165, 1.54) is 18.5 Å². The molecule has 0 bridgehead atoms. The predicted molar refractivity (Wildman–Crippen MR) is 90.0 cm³/mol. The molecule has 1 saturated heterocycles. The number of anilines is 3. The van der Waals surface area contributed by atoms with Gasteiger partial charge in [0, 0.05) is 37.0 Å². The molecule has 0 radical (unpaired) electrons. The minimum absolute atomic E-state index is 0.133. The zero-order chi connectivity index (χ0) is 16.5. The van der Waals surface area contributed by atoms with Crippen LogP contribution in [0.25, 0.3) is 0 Å². The van der Waals surface area contributed by atoms with Crippen molar-refractivity contribution in [2.75, 3.05) is 23.3 Å². The Hall–Kier alpha value is -2.64. The highest BCUT2D eigenvalue weighted by atomic mass is 16.1. The van der Waals surface area contributed by atoms with Gasteiger partial charge < -0.3 is 16.0 Å². The van der Waals surface area contributed by atoms with Gasteiger partial charge in [-0.15, -0.1) is 0 Å². The van der Waals surface area contributed by atoms with E-state index in [0.29, 0.717) is 24.2 Å². The number of nitrogens with zero attached hydrogens (tertiary/aromatic N) is 4. The van der Waals surface area contributed by atoms with E-state index in [1.54, 1.807) is 6.20 Å². The monoisotopic (exact) mass is 327 g/mol. The Bertz CT molecular complexity index is 740. The standard InChI is InChI=1S/C16H21N7O/c17-15(24)11-2-1-7-23(9-11)16-18-6-5-13(20-16)19-14-8-12(21-22-14)10-3-4-10/h5-6,8,10-11H,1-4,7,9H2,(H2,17,24)(H2,18,19,20,21,22)/t11-/m1/s1. The van der Waals surface area contributed by atoms with Crippen LogP contribution in [-0.4, -0.2) is 39.2 Å². The molecule has 2 aromatic rings. The highest BCUT2D eigenvalue weighted by Crippen LogP contribution is 2.39. The van der Waals surface area contributed by atoms with Crippen LogP contribution in [0.3, 0.4) is 0 Å². The van der Waals surface area contributed by atoms with Crippen molar-refractivity contribution in [3.63, 3.8) is 0 Å². The lowest BCUT2D eigenvalue weighted by molar-refractivity contribution is -0.122. The number of primary amides is 1. The molecule has 24 heavy (non-hydrogen) atoms. The van der Waals surface area contributed by atoms with Crippen molar-refractivity contribution in [2.24, 2.45) is 11.7 Å². The minimum Gasteiger partial charge on any atom is -0.369 e. The molecule has 0 unspecified atom stereocenters. The number of carbonyl (C=O) groups is 1. The lowest BCUT2D eigenvalue weighted by atomic mass is 9.98. The van der Waals surface area contributed by atoms with Crippen LogP contribution in [0.1, 0.15) is 37.3 Å². The molecule has 1 aliphatic heterocycles. The Morgan fingerprint density at radius 1 is 1.33 bits per heavy atom. The second kappa shape index (κ2) is 6.10. The summed E-state index contributed by atoms with van der Waals surface area (Å²) < 4.78 is 0. The lowest BCUT2D eigenvalue weighted by Crippen LogP contribution is -2.41. The number of piperidine rings is 1. The van der Waals surface area contributed by atoms with Crippen LogP contribution in [0.4, 0.5) is 17.6 Å². The average molecular weight is 327 g/mol. The number of nitrogens with one attached hydrogen (secondary N) is 2. The fraction of sp³-hybridized carbons (Fsp3) is 0.500.